The molecular formula is C24H36N2O4S6. The molecule has 0 saturated heterocycles. The van der Waals surface area contributed by atoms with Gasteiger partial charge in [-0.15, -0.1) is 0 Å². The van der Waals surface area contributed by atoms with E-state index in [9.17, 15) is 16.8 Å². The highest BCUT2D eigenvalue weighted by Gasteiger charge is 2.22. The molecule has 2 atom stereocenters. The minimum absolute atomic E-state index is 0.213. The molecule has 202 valence electrons. The van der Waals surface area contributed by atoms with E-state index in [0.29, 0.717) is 11.5 Å². The minimum atomic E-state index is -3.61. The fourth-order valence-corrected chi connectivity index (χ4v) is 9.52. The molecule has 0 spiro atoms. The first-order valence-corrected chi connectivity index (χ1v) is 19.7. The van der Waals surface area contributed by atoms with Crippen LogP contribution in [0.25, 0.3) is 0 Å². The van der Waals surface area contributed by atoms with Crippen LogP contribution in [-0.4, -0.2) is 64.4 Å². The van der Waals surface area contributed by atoms with E-state index in [1.807, 2.05) is 26.4 Å². The Morgan fingerprint density at radius 1 is 0.639 bits per heavy atom. The average molecular weight is 609 g/mol. The standard InChI is InChI=1S/C24H36N2O4S6/c1-19-5-9-23(10-6-19)35(27,28)25-21(13-15-31-3)17-33-34-18-22(14-16-32-4)26-36(29,30)24-11-7-20(2)8-12-24/h5-12,21-22,25-26H,13-18H2,1-4H3/t21-,22-/m0/s1. The molecule has 0 aliphatic carbocycles. The van der Waals surface area contributed by atoms with Crippen molar-refractivity contribution in [2.24, 2.45) is 0 Å². The number of thioether (sulfide) groups is 2. The minimum Gasteiger partial charge on any atom is -0.207 e. The van der Waals surface area contributed by atoms with E-state index in [1.165, 1.54) is 0 Å². The maximum absolute atomic E-state index is 12.9. The molecule has 0 radical (unpaired) electrons. The van der Waals surface area contributed by atoms with Crippen LogP contribution in [-0.2, 0) is 20.0 Å². The van der Waals surface area contributed by atoms with Crippen molar-refractivity contribution in [3.63, 3.8) is 0 Å². The van der Waals surface area contributed by atoms with Gasteiger partial charge in [-0.05, 0) is 75.0 Å². The van der Waals surface area contributed by atoms with Crippen LogP contribution >= 0.6 is 45.1 Å². The van der Waals surface area contributed by atoms with Crippen molar-refractivity contribution in [1.82, 2.24) is 9.44 Å². The van der Waals surface area contributed by atoms with Crippen LogP contribution in [0.15, 0.2) is 58.3 Å². The second-order valence-corrected chi connectivity index (χ2v) is 16.3. The summed E-state index contributed by atoms with van der Waals surface area (Å²) in [4.78, 5) is 0.532. The highest BCUT2D eigenvalue weighted by atomic mass is 33.1. The zero-order valence-corrected chi connectivity index (χ0v) is 26.0. The van der Waals surface area contributed by atoms with Crippen molar-refractivity contribution >= 4 is 65.2 Å². The fourth-order valence-electron chi connectivity index (χ4n) is 3.14. The molecule has 0 saturated carbocycles. The van der Waals surface area contributed by atoms with Gasteiger partial charge >= 0.3 is 0 Å². The quantitative estimate of drug-likeness (QED) is 0.187. The third-order valence-corrected chi connectivity index (χ3v) is 12.2. The maximum Gasteiger partial charge on any atom is 0.240 e. The molecule has 0 aliphatic heterocycles. The van der Waals surface area contributed by atoms with Crippen LogP contribution in [0.3, 0.4) is 0 Å². The van der Waals surface area contributed by atoms with Gasteiger partial charge in [0, 0.05) is 23.6 Å². The van der Waals surface area contributed by atoms with Gasteiger partial charge < -0.3 is 0 Å². The summed E-state index contributed by atoms with van der Waals surface area (Å²) in [6, 6.07) is 13.3. The molecule has 0 aliphatic rings. The highest BCUT2D eigenvalue weighted by molar-refractivity contribution is 8.76. The Morgan fingerprint density at radius 2 is 0.972 bits per heavy atom. The Balaban J connectivity index is 1.96. The number of aryl methyl sites for hydroxylation is 2. The number of sulfonamides is 2. The highest BCUT2D eigenvalue weighted by Crippen LogP contribution is 2.26. The first-order valence-electron chi connectivity index (χ1n) is 11.5. The average Bonchev–Trinajstić information content (AvgIpc) is 2.83. The topological polar surface area (TPSA) is 92.3 Å². The zero-order valence-electron chi connectivity index (χ0n) is 21.1. The van der Waals surface area contributed by atoms with Gasteiger partial charge in [-0.3, -0.25) is 0 Å². The molecule has 0 aromatic heterocycles. The van der Waals surface area contributed by atoms with Crippen LogP contribution in [0.4, 0.5) is 0 Å². The number of benzene rings is 2. The molecule has 2 N–H and O–H groups in total. The lowest BCUT2D eigenvalue weighted by atomic mass is 10.2. The van der Waals surface area contributed by atoms with Gasteiger partial charge in [-0.2, -0.15) is 23.5 Å². The van der Waals surface area contributed by atoms with Gasteiger partial charge in [-0.1, -0.05) is 57.0 Å². The van der Waals surface area contributed by atoms with Gasteiger partial charge in [0.2, 0.25) is 20.0 Å². The SMILES string of the molecule is CSCC[C@@H](CSSC[C@H](CCSC)NS(=O)(=O)c1ccc(C)cc1)NS(=O)(=O)c1ccc(C)cc1. The third kappa shape index (κ3) is 11.2. The lowest BCUT2D eigenvalue weighted by Gasteiger charge is -2.20. The summed E-state index contributed by atoms with van der Waals surface area (Å²) in [5.74, 6) is 2.88. The van der Waals surface area contributed by atoms with Gasteiger partial charge in [-0.25, -0.2) is 26.3 Å². The predicted molar refractivity (Wildman–Crippen MR) is 161 cm³/mol. The number of nitrogens with one attached hydrogen (secondary N) is 2. The van der Waals surface area contributed by atoms with E-state index in [2.05, 4.69) is 9.44 Å². The zero-order chi connectivity index (χ0) is 26.6. The summed E-state index contributed by atoms with van der Waals surface area (Å²) < 4.78 is 57.2. The smallest absolute Gasteiger partial charge is 0.207 e. The molecular weight excluding hydrogens is 573 g/mol. The van der Waals surface area contributed by atoms with Crippen LogP contribution in [0, 0.1) is 13.8 Å². The molecule has 0 unspecified atom stereocenters. The molecule has 36 heavy (non-hydrogen) atoms. The normalized spacial score (nSPS) is 14.0. The van der Waals surface area contributed by atoms with Crippen LogP contribution in [0.2, 0.25) is 0 Å². The second-order valence-electron chi connectivity index (χ2n) is 8.39. The molecule has 2 aromatic rings. The first kappa shape index (κ1) is 31.9. The Hall–Kier alpha value is -0.340. The van der Waals surface area contributed by atoms with Crippen molar-refractivity contribution in [2.45, 2.75) is 48.6 Å². The summed E-state index contributed by atoms with van der Waals surface area (Å²) in [5, 5.41) is 0. The van der Waals surface area contributed by atoms with E-state index in [4.69, 9.17) is 0 Å². The third-order valence-electron chi connectivity index (χ3n) is 5.27. The second kappa shape index (κ2) is 15.9. The lowest BCUT2D eigenvalue weighted by molar-refractivity contribution is 0.557. The molecule has 0 amide bonds. The molecule has 0 bridgehead atoms. The summed E-state index contributed by atoms with van der Waals surface area (Å²) in [6.45, 7) is 3.85. The fraction of sp³-hybridized carbons (Fsp3) is 0.500. The van der Waals surface area contributed by atoms with E-state index in [1.54, 1.807) is 93.6 Å². The summed E-state index contributed by atoms with van der Waals surface area (Å²) in [7, 11) is -4.06. The van der Waals surface area contributed by atoms with Gasteiger partial charge in [0.05, 0.1) is 9.79 Å². The molecule has 12 heteroatoms. The Kier molecular flexibility index (Phi) is 14.1. The van der Waals surface area contributed by atoms with E-state index in [0.717, 1.165) is 35.5 Å². The van der Waals surface area contributed by atoms with Crippen molar-refractivity contribution < 1.29 is 16.8 Å². The molecule has 6 nitrogen and oxygen atoms in total. The van der Waals surface area contributed by atoms with Crippen molar-refractivity contribution in [3.05, 3.63) is 59.7 Å². The van der Waals surface area contributed by atoms with E-state index in [-0.39, 0.29) is 21.9 Å². The molecule has 2 aromatic carbocycles. The largest absolute Gasteiger partial charge is 0.240 e. The first-order chi connectivity index (χ1) is 17.1. The maximum atomic E-state index is 12.9. The molecule has 0 heterocycles. The van der Waals surface area contributed by atoms with Crippen LogP contribution < -0.4 is 9.44 Å². The van der Waals surface area contributed by atoms with E-state index < -0.39 is 20.0 Å². The summed E-state index contributed by atoms with van der Waals surface area (Å²) in [6.07, 6.45) is 5.44. The van der Waals surface area contributed by atoms with Crippen molar-refractivity contribution in [3.8, 4) is 0 Å². The van der Waals surface area contributed by atoms with Gasteiger partial charge in [0.25, 0.3) is 0 Å². The van der Waals surface area contributed by atoms with Crippen molar-refractivity contribution in [2.75, 3.05) is 35.5 Å². The lowest BCUT2D eigenvalue weighted by Crippen LogP contribution is -2.38. The molecule has 2 rings (SSSR count). The number of hydrogen-bond acceptors (Lipinski definition) is 8. The van der Waals surface area contributed by atoms with Crippen molar-refractivity contribution in [1.29, 1.82) is 0 Å². The summed E-state index contributed by atoms with van der Waals surface area (Å²) >= 11 is 3.36. The number of rotatable bonds is 17. The Bertz CT molecular complexity index is 1030. The predicted octanol–water partition coefficient (Wildman–Crippen LogP) is 5.19. The Labute approximate surface area is 233 Å². The van der Waals surface area contributed by atoms with E-state index >= 15 is 0 Å². The number of hydrogen-bond donors (Lipinski definition) is 2. The van der Waals surface area contributed by atoms with Gasteiger partial charge in [0.15, 0.2) is 0 Å². The Morgan fingerprint density at radius 3 is 1.28 bits per heavy atom. The monoisotopic (exact) mass is 608 g/mol. The van der Waals surface area contributed by atoms with Crippen LogP contribution in [0.5, 0.6) is 0 Å². The summed E-state index contributed by atoms with van der Waals surface area (Å²) in [5.41, 5.74) is 2.02. The van der Waals surface area contributed by atoms with Gasteiger partial charge in [0.1, 0.15) is 0 Å². The van der Waals surface area contributed by atoms with Crippen LogP contribution in [0.1, 0.15) is 24.0 Å². The molecule has 0 fully saturated rings.